The number of nitrogens with zero attached hydrogens (tertiary/aromatic N) is 1. The van der Waals surface area contributed by atoms with Crippen LogP contribution in [-0.4, -0.2) is 40.3 Å². The van der Waals surface area contributed by atoms with Gasteiger partial charge in [0.2, 0.25) is 0 Å². The number of carboxylic acids is 1. The van der Waals surface area contributed by atoms with Gasteiger partial charge in [0.15, 0.2) is 0 Å². The smallest absolute Gasteiger partial charge is 0.411 e. The minimum Gasteiger partial charge on any atom is -0.480 e. The summed E-state index contributed by atoms with van der Waals surface area (Å²) in [5, 5.41) is 8.88. The number of likely N-dealkylation sites (tertiary alicyclic amines) is 1. The van der Waals surface area contributed by atoms with Crippen molar-refractivity contribution in [3.8, 4) is 0 Å². The highest BCUT2D eigenvalue weighted by Gasteiger charge is 2.36. The van der Waals surface area contributed by atoms with E-state index in [-0.39, 0.29) is 0 Å². The maximum Gasteiger partial charge on any atom is 0.411 e. The Labute approximate surface area is 89.0 Å². The van der Waals surface area contributed by atoms with Crippen LogP contribution in [-0.2, 0) is 9.53 Å². The van der Waals surface area contributed by atoms with Crippen LogP contribution in [0.25, 0.3) is 0 Å². The quantitative estimate of drug-likeness (QED) is 0.679. The fourth-order valence-corrected chi connectivity index (χ4v) is 1.56. The number of carbonyl (C=O) groups is 2. The molecule has 0 aromatic rings. The van der Waals surface area contributed by atoms with Crippen LogP contribution in [0.2, 0.25) is 0 Å². The van der Waals surface area contributed by atoms with Gasteiger partial charge in [0.1, 0.15) is 11.6 Å². The van der Waals surface area contributed by atoms with Crippen molar-refractivity contribution in [2.24, 2.45) is 0 Å². The van der Waals surface area contributed by atoms with Crippen molar-refractivity contribution in [2.45, 2.75) is 45.3 Å². The van der Waals surface area contributed by atoms with Gasteiger partial charge in [-0.3, -0.25) is 4.90 Å². The van der Waals surface area contributed by atoms with E-state index in [4.69, 9.17) is 9.84 Å². The van der Waals surface area contributed by atoms with E-state index in [1.54, 1.807) is 20.8 Å². The van der Waals surface area contributed by atoms with Gasteiger partial charge in [-0.25, -0.2) is 9.59 Å². The molecule has 0 saturated carbocycles. The lowest BCUT2D eigenvalue weighted by Gasteiger charge is -2.26. The van der Waals surface area contributed by atoms with E-state index in [2.05, 4.69) is 0 Å². The molecule has 0 aromatic carbocycles. The minimum atomic E-state index is -0.960. The molecule has 0 radical (unpaired) electrons. The van der Waals surface area contributed by atoms with Gasteiger partial charge in [-0.15, -0.1) is 0 Å². The maximum atomic E-state index is 11.6. The zero-order chi connectivity index (χ0) is 11.6. The van der Waals surface area contributed by atoms with Crippen molar-refractivity contribution in [1.82, 2.24) is 4.90 Å². The highest BCUT2D eigenvalue weighted by atomic mass is 16.6. The molecule has 1 rings (SSSR count). The first-order chi connectivity index (χ1) is 6.81. The molecule has 1 amide bonds. The van der Waals surface area contributed by atoms with Crippen molar-refractivity contribution < 1.29 is 19.4 Å². The Hall–Kier alpha value is -1.26. The van der Waals surface area contributed by atoms with E-state index >= 15 is 0 Å². The standard InChI is InChI=1S/C10H17NO4/c1-10(2,3)15-9(14)11-6-4-5-7(11)8(12)13/h7H,4-6H2,1-3H3,(H,12,13)/t7-/m0/s1/i4+1,5+1,6+1,7+1,8+1. The van der Waals surface area contributed by atoms with Crippen molar-refractivity contribution in [3.63, 3.8) is 0 Å². The van der Waals surface area contributed by atoms with E-state index in [0.29, 0.717) is 13.0 Å². The first kappa shape index (κ1) is 11.8. The lowest BCUT2D eigenvalue weighted by Crippen LogP contribution is -2.43. The van der Waals surface area contributed by atoms with E-state index in [1.165, 1.54) is 4.90 Å². The molecule has 0 unspecified atom stereocenters. The predicted octanol–water partition coefficient (Wildman–Crippen LogP) is 1.47. The third-order valence-electron chi connectivity index (χ3n) is 2.17. The molecular formula is C10H17NO4. The second kappa shape index (κ2) is 4.08. The Morgan fingerprint density at radius 3 is 2.47 bits per heavy atom. The molecule has 1 atom stereocenters. The topological polar surface area (TPSA) is 66.8 Å². The molecule has 1 aliphatic heterocycles. The number of carboxylic acid groups (broad SMARTS) is 1. The van der Waals surface area contributed by atoms with Gasteiger partial charge in [0.05, 0.1) is 0 Å². The van der Waals surface area contributed by atoms with Gasteiger partial charge in [-0.05, 0) is 33.6 Å². The molecule has 86 valence electrons. The van der Waals surface area contributed by atoms with Crippen LogP contribution in [0.5, 0.6) is 0 Å². The number of amides is 1. The summed E-state index contributed by atoms with van der Waals surface area (Å²) in [7, 11) is 0. The average molecular weight is 220 g/mol. The first-order valence-electron chi connectivity index (χ1n) is 5.04. The van der Waals surface area contributed by atoms with E-state index in [1.807, 2.05) is 0 Å². The average Bonchev–Trinajstić information content (AvgIpc) is 2.47. The third-order valence-corrected chi connectivity index (χ3v) is 2.17. The number of rotatable bonds is 1. The molecule has 15 heavy (non-hydrogen) atoms. The number of hydrogen-bond acceptors (Lipinski definition) is 3. The summed E-state index contributed by atoms with van der Waals surface area (Å²) in [4.78, 5) is 23.7. The van der Waals surface area contributed by atoms with E-state index < -0.39 is 23.7 Å². The van der Waals surface area contributed by atoms with Crippen LogP contribution in [0.15, 0.2) is 0 Å². The summed E-state index contributed by atoms with van der Waals surface area (Å²) in [5.74, 6) is -0.960. The Bertz CT molecular complexity index is 269. The van der Waals surface area contributed by atoms with Crippen LogP contribution < -0.4 is 0 Å². The Balaban J connectivity index is 2.63. The minimum absolute atomic E-state index is 0.464. The van der Waals surface area contributed by atoms with E-state index in [0.717, 1.165) is 6.42 Å². The fourth-order valence-electron chi connectivity index (χ4n) is 1.56. The third kappa shape index (κ3) is 3.11. The second-order valence-electron chi connectivity index (χ2n) is 4.67. The summed E-state index contributed by atoms with van der Waals surface area (Å²) in [6, 6.07) is -0.722. The lowest BCUT2D eigenvalue weighted by atomic mass is 10.2. The fraction of sp³-hybridized carbons (Fsp3) is 0.800. The summed E-state index contributed by atoms with van der Waals surface area (Å²) in [6.45, 7) is 5.75. The second-order valence-corrected chi connectivity index (χ2v) is 4.67. The highest BCUT2D eigenvalue weighted by molar-refractivity contribution is 5.80. The summed E-state index contributed by atoms with van der Waals surface area (Å²) >= 11 is 0. The van der Waals surface area contributed by atoms with Gasteiger partial charge >= 0.3 is 12.1 Å². The number of carbonyl (C=O) groups excluding carboxylic acids is 1. The van der Waals surface area contributed by atoms with Crippen molar-refractivity contribution >= 4 is 12.1 Å². The van der Waals surface area contributed by atoms with Crippen LogP contribution in [0.1, 0.15) is 33.6 Å². The zero-order valence-electron chi connectivity index (χ0n) is 9.32. The normalized spacial score (nSPS) is 21.5. The monoisotopic (exact) mass is 220 g/mol. The Kier molecular flexibility index (Phi) is 3.21. The summed E-state index contributed by atoms with van der Waals surface area (Å²) < 4.78 is 5.13. The molecule has 1 aliphatic rings. The van der Waals surface area contributed by atoms with Gasteiger partial charge in [-0.2, -0.15) is 0 Å². The Morgan fingerprint density at radius 2 is 2.00 bits per heavy atom. The van der Waals surface area contributed by atoms with Crippen molar-refractivity contribution in [1.29, 1.82) is 0 Å². The van der Waals surface area contributed by atoms with Crippen molar-refractivity contribution in [2.75, 3.05) is 6.54 Å². The summed E-state index contributed by atoms with van der Waals surface area (Å²) in [6.07, 6.45) is 0.692. The molecule has 5 heteroatoms. The number of hydrogen-bond donors (Lipinski definition) is 1. The molecule has 5 nitrogen and oxygen atoms in total. The Morgan fingerprint density at radius 1 is 1.40 bits per heavy atom. The van der Waals surface area contributed by atoms with Crippen molar-refractivity contribution in [3.05, 3.63) is 0 Å². The SMILES string of the molecule is CC(C)(C)OC(=O)N1[13CH2][13CH2][13CH2][13C@H]1[13C](=O)O. The molecule has 0 aromatic heterocycles. The molecular weight excluding hydrogens is 203 g/mol. The zero-order valence-corrected chi connectivity index (χ0v) is 9.32. The molecule has 0 aliphatic carbocycles. The number of ether oxygens (including phenoxy) is 1. The van der Waals surface area contributed by atoms with Gasteiger partial charge in [0.25, 0.3) is 0 Å². The highest BCUT2D eigenvalue weighted by Crippen LogP contribution is 2.20. The molecule has 1 fully saturated rings. The van der Waals surface area contributed by atoms with Crippen LogP contribution >= 0.6 is 0 Å². The summed E-state index contributed by atoms with van der Waals surface area (Å²) in [5.41, 5.74) is -0.581. The van der Waals surface area contributed by atoms with Gasteiger partial charge in [-0.1, -0.05) is 0 Å². The largest absolute Gasteiger partial charge is 0.480 e. The number of aliphatic carboxylic acids is 1. The molecule has 0 spiro atoms. The molecule has 0 bridgehead atoms. The first-order valence-corrected chi connectivity index (χ1v) is 5.04. The molecule has 1 heterocycles. The maximum absolute atomic E-state index is 11.6. The molecule has 1 saturated heterocycles. The van der Waals surface area contributed by atoms with Gasteiger partial charge in [0, 0.05) is 6.54 Å². The van der Waals surface area contributed by atoms with Gasteiger partial charge < -0.3 is 9.84 Å². The van der Waals surface area contributed by atoms with Crippen LogP contribution in [0.3, 0.4) is 0 Å². The van der Waals surface area contributed by atoms with E-state index in [9.17, 15) is 9.59 Å². The van der Waals surface area contributed by atoms with Crippen LogP contribution in [0.4, 0.5) is 4.79 Å². The lowest BCUT2D eigenvalue weighted by molar-refractivity contribution is -0.142. The molecule has 1 N–H and O–H groups in total. The van der Waals surface area contributed by atoms with Crippen LogP contribution in [0, 0.1) is 0 Å². The predicted molar refractivity (Wildman–Crippen MR) is 53.6 cm³/mol.